The van der Waals surface area contributed by atoms with E-state index in [1.54, 1.807) is 36.4 Å². The van der Waals surface area contributed by atoms with Gasteiger partial charge in [-0.3, -0.25) is 9.10 Å². The van der Waals surface area contributed by atoms with Crippen molar-refractivity contribution in [3.05, 3.63) is 71.2 Å². The summed E-state index contributed by atoms with van der Waals surface area (Å²) in [6.45, 7) is 1.34. The molecule has 0 aromatic heterocycles. The molecule has 0 aliphatic heterocycles. The lowest BCUT2D eigenvalue weighted by Gasteiger charge is -2.25. The smallest absolute Gasteiger partial charge is 0.264 e. The molecule has 0 bridgehead atoms. The number of aryl methyl sites for hydroxylation is 1. The van der Waals surface area contributed by atoms with Gasteiger partial charge in [-0.25, -0.2) is 8.42 Å². The van der Waals surface area contributed by atoms with Crippen molar-refractivity contribution in [2.24, 2.45) is 0 Å². The number of nitrogens with zero attached hydrogens (tertiary/aromatic N) is 1. The number of methoxy groups -OCH3 is 3. The molecule has 10 heteroatoms. The second-order valence-corrected chi connectivity index (χ2v) is 9.56. The van der Waals surface area contributed by atoms with Crippen molar-refractivity contribution in [1.29, 1.82) is 0 Å². The van der Waals surface area contributed by atoms with Gasteiger partial charge in [0.1, 0.15) is 12.3 Å². The minimum Gasteiger partial charge on any atom is -0.495 e. The van der Waals surface area contributed by atoms with Crippen LogP contribution in [0.4, 0.5) is 11.4 Å². The molecule has 180 valence electrons. The lowest BCUT2D eigenvalue weighted by atomic mass is 10.2. The monoisotopic (exact) mass is 504 g/mol. The second-order valence-electron chi connectivity index (χ2n) is 7.26. The van der Waals surface area contributed by atoms with Crippen LogP contribution < -0.4 is 23.8 Å². The van der Waals surface area contributed by atoms with Gasteiger partial charge in [0.2, 0.25) is 5.91 Å². The standard InChI is InChI=1S/C24H25ClN2O6S/c1-16-5-9-19(10-6-16)34(29,30)27(18-8-12-22(32-3)23(14-18)33-4)15-24(28)26-20-13-17(25)7-11-21(20)31-2/h5-14H,15H2,1-4H3,(H,26,28). The predicted octanol–water partition coefficient (Wildman–Crippen LogP) is 4.51. The summed E-state index contributed by atoms with van der Waals surface area (Å²) in [7, 11) is 0.267. The molecule has 0 saturated heterocycles. The van der Waals surface area contributed by atoms with Crippen molar-refractivity contribution in [1.82, 2.24) is 0 Å². The number of ether oxygens (including phenoxy) is 3. The molecule has 0 saturated carbocycles. The van der Waals surface area contributed by atoms with E-state index in [1.807, 2.05) is 6.92 Å². The molecule has 1 amide bonds. The third-order valence-electron chi connectivity index (χ3n) is 4.99. The second kappa shape index (κ2) is 10.7. The summed E-state index contributed by atoms with van der Waals surface area (Å²) in [5.41, 5.74) is 1.45. The van der Waals surface area contributed by atoms with Gasteiger partial charge in [-0.15, -0.1) is 0 Å². The fraction of sp³-hybridized carbons (Fsp3) is 0.208. The molecule has 8 nitrogen and oxygen atoms in total. The first kappa shape index (κ1) is 25.2. The Kier molecular flexibility index (Phi) is 7.90. The summed E-state index contributed by atoms with van der Waals surface area (Å²) in [5.74, 6) is 0.538. The Bertz CT molecular complexity index is 1280. The molecule has 0 unspecified atom stereocenters. The summed E-state index contributed by atoms with van der Waals surface area (Å²) >= 11 is 6.05. The first-order valence-corrected chi connectivity index (χ1v) is 12.0. The molecule has 0 aliphatic rings. The highest BCUT2D eigenvalue weighted by molar-refractivity contribution is 7.92. The molecule has 0 heterocycles. The first-order chi connectivity index (χ1) is 16.2. The SMILES string of the molecule is COc1ccc(Cl)cc1NC(=O)CN(c1ccc(OC)c(OC)c1)S(=O)(=O)c1ccc(C)cc1. The fourth-order valence-electron chi connectivity index (χ4n) is 3.23. The van der Waals surface area contributed by atoms with Crippen molar-refractivity contribution in [2.45, 2.75) is 11.8 Å². The van der Waals surface area contributed by atoms with Gasteiger partial charge >= 0.3 is 0 Å². The maximum Gasteiger partial charge on any atom is 0.264 e. The Balaban J connectivity index is 2.02. The molecule has 3 aromatic rings. The van der Waals surface area contributed by atoms with Crippen LogP contribution in [0, 0.1) is 6.92 Å². The highest BCUT2D eigenvalue weighted by atomic mass is 35.5. The summed E-state index contributed by atoms with van der Waals surface area (Å²) in [6, 6.07) is 15.7. The topological polar surface area (TPSA) is 94.2 Å². The predicted molar refractivity (Wildman–Crippen MR) is 132 cm³/mol. The number of rotatable bonds is 9. The van der Waals surface area contributed by atoms with Gasteiger partial charge in [-0.05, 0) is 49.4 Å². The summed E-state index contributed by atoms with van der Waals surface area (Å²) in [4.78, 5) is 13.1. The number of sulfonamides is 1. The Labute approximate surface area is 204 Å². The molecular weight excluding hydrogens is 480 g/mol. The van der Waals surface area contributed by atoms with Gasteiger partial charge in [-0.2, -0.15) is 0 Å². The summed E-state index contributed by atoms with van der Waals surface area (Å²) < 4.78 is 44.0. The normalized spacial score (nSPS) is 11.0. The maximum atomic E-state index is 13.6. The number of amides is 1. The van der Waals surface area contributed by atoms with E-state index in [0.29, 0.717) is 28.0 Å². The number of anilines is 2. The van der Waals surface area contributed by atoms with Crippen LogP contribution in [-0.2, 0) is 14.8 Å². The van der Waals surface area contributed by atoms with Crippen molar-refractivity contribution in [3.8, 4) is 17.2 Å². The summed E-state index contributed by atoms with van der Waals surface area (Å²) in [6.07, 6.45) is 0. The number of carbonyl (C=O) groups is 1. The van der Waals surface area contributed by atoms with E-state index in [0.717, 1.165) is 9.87 Å². The molecule has 0 radical (unpaired) electrons. The lowest BCUT2D eigenvalue weighted by Crippen LogP contribution is -2.38. The number of nitrogens with one attached hydrogen (secondary N) is 1. The van der Waals surface area contributed by atoms with Crippen LogP contribution in [0.3, 0.4) is 0 Å². The molecule has 3 rings (SSSR count). The van der Waals surface area contributed by atoms with Gasteiger partial charge in [-0.1, -0.05) is 29.3 Å². The molecular formula is C24H25ClN2O6S. The summed E-state index contributed by atoms with van der Waals surface area (Å²) in [5, 5.41) is 3.06. The highest BCUT2D eigenvalue weighted by Crippen LogP contribution is 2.34. The van der Waals surface area contributed by atoms with E-state index in [2.05, 4.69) is 5.32 Å². The molecule has 1 N–H and O–H groups in total. The van der Waals surface area contributed by atoms with E-state index >= 15 is 0 Å². The minimum absolute atomic E-state index is 0.0426. The minimum atomic E-state index is -4.11. The number of hydrogen-bond donors (Lipinski definition) is 1. The third kappa shape index (κ3) is 5.55. The van der Waals surface area contributed by atoms with Gasteiger partial charge in [0, 0.05) is 11.1 Å². The molecule has 0 spiro atoms. The van der Waals surface area contributed by atoms with E-state index in [1.165, 1.54) is 45.6 Å². The van der Waals surface area contributed by atoms with Crippen LogP contribution in [0.2, 0.25) is 5.02 Å². The molecule has 3 aromatic carbocycles. The molecule has 0 atom stereocenters. The Morgan fingerprint density at radius 2 is 1.50 bits per heavy atom. The van der Waals surface area contributed by atoms with Gasteiger partial charge in [0.15, 0.2) is 11.5 Å². The highest BCUT2D eigenvalue weighted by Gasteiger charge is 2.28. The van der Waals surface area contributed by atoms with Gasteiger partial charge in [0.25, 0.3) is 10.0 Å². The van der Waals surface area contributed by atoms with E-state index in [9.17, 15) is 13.2 Å². The van der Waals surface area contributed by atoms with Gasteiger partial charge < -0.3 is 19.5 Å². The zero-order chi connectivity index (χ0) is 24.9. The average Bonchev–Trinajstić information content (AvgIpc) is 2.82. The van der Waals surface area contributed by atoms with Crippen LogP contribution >= 0.6 is 11.6 Å². The zero-order valence-corrected chi connectivity index (χ0v) is 20.7. The Morgan fingerprint density at radius 3 is 2.12 bits per heavy atom. The Hall–Kier alpha value is -3.43. The van der Waals surface area contributed by atoms with Gasteiger partial charge in [0.05, 0.1) is 37.6 Å². The number of hydrogen-bond acceptors (Lipinski definition) is 6. The van der Waals surface area contributed by atoms with Crippen molar-refractivity contribution >= 4 is 38.9 Å². The molecule has 0 aliphatic carbocycles. The number of benzene rings is 3. The van der Waals surface area contributed by atoms with Crippen LogP contribution in [0.15, 0.2) is 65.6 Å². The largest absolute Gasteiger partial charge is 0.495 e. The first-order valence-electron chi connectivity index (χ1n) is 10.1. The van der Waals surface area contributed by atoms with E-state index < -0.39 is 22.5 Å². The van der Waals surface area contributed by atoms with Crippen LogP contribution in [-0.4, -0.2) is 42.2 Å². The molecule has 0 fully saturated rings. The fourth-order valence-corrected chi connectivity index (χ4v) is 4.82. The Morgan fingerprint density at radius 1 is 0.882 bits per heavy atom. The third-order valence-corrected chi connectivity index (χ3v) is 7.01. The van der Waals surface area contributed by atoms with Crippen LogP contribution in [0.1, 0.15) is 5.56 Å². The maximum absolute atomic E-state index is 13.6. The number of halogens is 1. The van der Waals surface area contributed by atoms with Crippen molar-refractivity contribution in [2.75, 3.05) is 37.5 Å². The quantitative estimate of drug-likeness (QED) is 0.461. The molecule has 34 heavy (non-hydrogen) atoms. The van der Waals surface area contributed by atoms with E-state index in [4.69, 9.17) is 25.8 Å². The van der Waals surface area contributed by atoms with Crippen molar-refractivity contribution in [3.63, 3.8) is 0 Å². The average molecular weight is 505 g/mol. The van der Waals surface area contributed by atoms with Crippen LogP contribution in [0.25, 0.3) is 0 Å². The van der Waals surface area contributed by atoms with Crippen LogP contribution in [0.5, 0.6) is 17.2 Å². The van der Waals surface area contributed by atoms with Crippen molar-refractivity contribution < 1.29 is 27.4 Å². The van der Waals surface area contributed by atoms with E-state index in [-0.39, 0.29) is 10.6 Å². The zero-order valence-electron chi connectivity index (χ0n) is 19.2. The lowest BCUT2D eigenvalue weighted by molar-refractivity contribution is -0.114. The number of carbonyl (C=O) groups excluding carboxylic acids is 1.